The maximum Gasteiger partial charge on any atom is 0.330 e. The quantitative estimate of drug-likeness (QED) is 0.563. The molecule has 19 heavy (non-hydrogen) atoms. The fourth-order valence-electron chi connectivity index (χ4n) is 1.89. The molecule has 2 rings (SSSR count). The zero-order valence-electron chi connectivity index (χ0n) is 9.93. The van der Waals surface area contributed by atoms with Gasteiger partial charge in [0.15, 0.2) is 6.23 Å². The minimum Gasteiger partial charge on any atom is -0.499 e. The predicted octanol–water partition coefficient (Wildman–Crippen LogP) is -1.68. The second-order valence-corrected chi connectivity index (χ2v) is 4.06. The fraction of sp³-hybridized carbons (Fsp3) is 0.455. The molecule has 1 aliphatic heterocycles. The summed E-state index contributed by atoms with van der Waals surface area (Å²) < 4.78 is 11.3. The van der Waals surface area contributed by atoms with E-state index in [1.165, 1.54) is 12.5 Å². The lowest BCUT2D eigenvalue weighted by atomic mass is 10.1. The van der Waals surface area contributed by atoms with E-state index in [-0.39, 0.29) is 6.61 Å². The van der Waals surface area contributed by atoms with Crippen molar-refractivity contribution in [2.45, 2.75) is 24.5 Å². The van der Waals surface area contributed by atoms with Crippen LogP contribution in [0.4, 0.5) is 0 Å². The lowest BCUT2D eigenvalue weighted by Crippen LogP contribution is -2.37. The SMILES string of the molecule is C=COC[C@H]1O[C@@H](n2ccc(=O)[nH]c2=O)[C@@H](O)[C@@H]1O. The molecule has 0 spiro atoms. The van der Waals surface area contributed by atoms with Gasteiger partial charge < -0.3 is 19.7 Å². The van der Waals surface area contributed by atoms with Crippen molar-refractivity contribution in [1.29, 1.82) is 0 Å². The lowest BCUT2D eigenvalue weighted by Gasteiger charge is -2.16. The van der Waals surface area contributed by atoms with E-state index in [0.717, 1.165) is 10.6 Å². The topological polar surface area (TPSA) is 114 Å². The molecule has 3 N–H and O–H groups in total. The monoisotopic (exact) mass is 270 g/mol. The van der Waals surface area contributed by atoms with Crippen LogP contribution in [-0.4, -0.2) is 44.7 Å². The Balaban J connectivity index is 2.23. The molecule has 0 amide bonds. The fourth-order valence-corrected chi connectivity index (χ4v) is 1.89. The van der Waals surface area contributed by atoms with Gasteiger partial charge in [0.25, 0.3) is 5.56 Å². The van der Waals surface area contributed by atoms with Crippen LogP contribution in [-0.2, 0) is 9.47 Å². The second-order valence-electron chi connectivity index (χ2n) is 4.06. The summed E-state index contributed by atoms with van der Waals surface area (Å²) in [7, 11) is 0. The molecule has 0 unspecified atom stereocenters. The Kier molecular flexibility index (Phi) is 3.84. The molecular weight excluding hydrogens is 256 g/mol. The molecule has 1 aromatic heterocycles. The number of H-pyrrole nitrogens is 1. The van der Waals surface area contributed by atoms with Crippen molar-refractivity contribution in [3.63, 3.8) is 0 Å². The van der Waals surface area contributed by atoms with Gasteiger partial charge in [0.05, 0.1) is 6.26 Å². The number of hydrogen-bond donors (Lipinski definition) is 3. The number of hydrogen-bond acceptors (Lipinski definition) is 6. The van der Waals surface area contributed by atoms with E-state index in [1.54, 1.807) is 0 Å². The molecule has 104 valence electrons. The van der Waals surface area contributed by atoms with Gasteiger partial charge in [-0.3, -0.25) is 14.3 Å². The molecule has 8 nitrogen and oxygen atoms in total. The van der Waals surface area contributed by atoms with Gasteiger partial charge in [0.1, 0.15) is 24.9 Å². The third-order valence-corrected chi connectivity index (χ3v) is 2.84. The Labute approximate surface area is 107 Å². The molecule has 0 bridgehead atoms. The van der Waals surface area contributed by atoms with Crippen LogP contribution in [0.1, 0.15) is 6.23 Å². The maximum absolute atomic E-state index is 11.6. The summed E-state index contributed by atoms with van der Waals surface area (Å²) in [5.41, 5.74) is -1.28. The van der Waals surface area contributed by atoms with E-state index in [9.17, 15) is 19.8 Å². The average Bonchev–Trinajstić information content (AvgIpc) is 2.64. The Hall–Kier alpha value is -1.90. The Morgan fingerprint density at radius 3 is 2.84 bits per heavy atom. The van der Waals surface area contributed by atoms with Crippen molar-refractivity contribution in [1.82, 2.24) is 9.55 Å². The largest absolute Gasteiger partial charge is 0.499 e. The zero-order chi connectivity index (χ0) is 14.0. The molecule has 4 atom stereocenters. The van der Waals surface area contributed by atoms with E-state index in [0.29, 0.717) is 0 Å². The summed E-state index contributed by atoms with van der Waals surface area (Å²) in [5.74, 6) is 0. The van der Waals surface area contributed by atoms with E-state index in [1.807, 2.05) is 4.98 Å². The molecule has 1 aliphatic rings. The van der Waals surface area contributed by atoms with Crippen molar-refractivity contribution < 1.29 is 19.7 Å². The highest BCUT2D eigenvalue weighted by molar-refractivity contribution is 4.93. The Morgan fingerprint density at radius 2 is 2.21 bits per heavy atom. The van der Waals surface area contributed by atoms with E-state index >= 15 is 0 Å². The summed E-state index contributed by atoms with van der Waals surface area (Å²) in [6, 6.07) is 1.12. The van der Waals surface area contributed by atoms with Gasteiger partial charge in [-0.2, -0.15) is 0 Å². The molecule has 1 fully saturated rings. The Bertz CT molecular complexity index is 565. The molecule has 0 saturated carbocycles. The number of ether oxygens (including phenoxy) is 2. The number of aromatic amines is 1. The highest BCUT2D eigenvalue weighted by Gasteiger charge is 2.44. The highest BCUT2D eigenvalue weighted by atomic mass is 16.6. The number of rotatable bonds is 4. The van der Waals surface area contributed by atoms with E-state index in [4.69, 9.17) is 9.47 Å². The van der Waals surface area contributed by atoms with Gasteiger partial charge in [-0.1, -0.05) is 6.58 Å². The van der Waals surface area contributed by atoms with Crippen LogP contribution in [0.25, 0.3) is 0 Å². The number of aromatic nitrogens is 2. The van der Waals surface area contributed by atoms with Crippen molar-refractivity contribution in [2.75, 3.05) is 6.61 Å². The minimum absolute atomic E-state index is 0.00364. The molecule has 0 aliphatic carbocycles. The molecule has 8 heteroatoms. The van der Waals surface area contributed by atoms with Crippen LogP contribution in [0, 0.1) is 0 Å². The first-order valence-electron chi connectivity index (χ1n) is 5.60. The lowest BCUT2D eigenvalue weighted by molar-refractivity contribution is -0.0568. The smallest absolute Gasteiger partial charge is 0.330 e. The van der Waals surface area contributed by atoms with E-state index in [2.05, 4.69) is 6.58 Å². The molecule has 0 aromatic carbocycles. The third kappa shape index (κ3) is 2.60. The molecule has 1 saturated heterocycles. The Morgan fingerprint density at radius 1 is 1.47 bits per heavy atom. The number of nitrogens with one attached hydrogen (secondary N) is 1. The van der Waals surface area contributed by atoms with Crippen LogP contribution in [0.5, 0.6) is 0 Å². The summed E-state index contributed by atoms with van der Waals surface area (Å²) in [5, 5.41) is 19.7. The number of aliphatic hydroxyl groups excluding tert-OH is 2. The first-order valence-corrected chi connectivity index (χ1v) is 5.60. The molecule has 0 radical (unpaired) electrons. The summed E-state index contributed by atoms with van der Waals surface area (Å²) in [4.78, 5) is 24.6. The van der Waals surface area contributed by atoms with Crippen LogP contribution in [0.3, 0.4) is 0 Å². The van der Waals surface area contributed by atoms with Crippen LogP contribution in [0.15, 0.2) is 34.7 Å². The summed E-state index contributed by atoms with van der Waals surface area (Å²) in [6.07, 6.45) is -2.01. The van der Waals surface area contributed by atoms with Gasteiger partial charge in [0.2, 0.25) is 0 Å². The van der Waals surface area contributed by atoms with Gasteiger partial charge in [-0.15, -0.1) is 0 Å². The molecule has 2 heterocycles. The maximum atomic E-state index is 11.6. The summed E-state index contributed by atoms with van der Waals surface area (Å²) >= 11 is 0. The van der Waals surface area contributed by atoms with Crippen molar-refractivity contribution in [3.8, 4) is 0 Å². The second kappa shape index (κ2) is 5.39. The van der Waals surface area contributed by atoms with E-state index < -0.39 is 35.8 Å². The van der Waals surface area contributed by atoms with Crippen LogP contribution < -0.4 is 11.2 Å². The first-order chi connectivity index (χ1) is 9.04. The normalized spacial score (nSPS) is 30.2. The molecule has 1 aromatic rings. The minimum atomic E-state index is -1.30. The molecular formula is C11H14N2O6. The number of nitrogens with zero attached hydrogens (tertiary/aromatic N) is 1. The standard InChI is InChI=1S/C11H14N2O6/c1-2-18-5-6-8(15)9(16)10(19-6)13-4-3-7(14)12-11(13)17/h2-4,6,8-10,15-16H,1,5H2,(H,12,14,17)/t6-,8-,9+,10-/m1/s1. The summed E-state index contributed by atoms with van der Waals surface area (Å²) in [6.45, 7) is 3.35. The van der Waals surface area contributed by atoms with Crippen LogP contribution in [0.2, 0.25) is 0 Å². The predicted molar refractivity (Wildman–Crippen MR) is 63.4 cm³/mol. The third-order valence-electron chi connectivity index (χ3n) is 2.84. The van der Waals surface area contributed by atoms with Crippen molar-refractivity contribution >= 4 is 0 Å². The van der Waals surface area contributed by atoms with Crippen molar-refractivity contribution in [3.05, 3.63) is 45.9 Å². The average molecular weight is 270 g/mol. The zero-order valence-corrected chi connectivity index (χ0v) is 9.93. The van der Waals surface area contributed by atoms with Gasteiger partial charge in [0, 0.05) is 12.3 Å². The van der Waals surface area contributed by atoms with Gasteiger partial charge in [-0.25, -0.2) is 4.79 Å². The number of aliphatic hydroxyl groups is 2. The van der Waals surface area contributed by atoms with Gasteiger partial charge in [-0.05, 0) is 0 Å². The van der Waals surface area contributed by atoms with Crippen LogP contribution >= 0.6 is 0 Å². The first kappa shape index (κ1) is 13.5. The van der Waals surface area contributed by atoms with Gasteiger partial charge >= 0.3 is 5.69 Å². The highest BCUT2D eigenvalue weighted by Crippen LogP contribution is 2.28. The van der Waals surface area contributed by atoms with Crippen molar-refractivity contribution in [2.24, 2.45) is 0 Å².